The van der Waals surface area contributed by atoms with Crippen LogP contribution in [-0.2, 0) is 16.1 Å². The van der Waals surface area contributed by atoms with Crippen molar-refractivity contribution in [3.8, 4) is 0 Å². The van der Waals surface area contributed by atoms with Crippen LogP contribution in [0, 0.1) is 0 Å². The minimum absolute atomic E-state index is 0.0000817. The molecule has 27 heavy (non-hydrogen) atoms. The van der Waals surface area contributed by atoms with Gasteiger partial charge in [-0.25, -0.2) is 4.79 Å². The maximum atomic E-state index is 12.2. The predicted octanol–water partition coefficient (Wildman–Crippen LogP) is -0.767. The van der Waals surface area contributed by atoms with Crippen LogP contribution in [0.4, 0.5) is 0 Å². The SMILES string of the molecule is C=P(C)(C)CC[C@H]1O[C@@H](n2cc(CN(C)C(C)=O)c(=O)[nH]c2=O)[C@H](O)[C@@H]1O. The predicted molar refractivity (Wildman–Crippen MR) is 105 cm³/mol. The molecule has 0 bridgehead atoms. The van der Waals surface area contributed by atoms with Crippen LogP contribution in [0.1, 0.15) is 25.1 Å². The van der Waals surface area contributed by atoms with Gasteiger partial charge in [0.2, 0.25) is 5.91 Å². The van der Waals surface area contributed by atoms with Gasteiger partial charge in [-0.05, 0) is 25.9 Å². The van der Waals surface area contributed by atoms with E-state index in [0.717, 1.165) is 10.7 Å². The first kappa shape index (κ1) is 21.6. The van der Waals surface area contributed by atoms with Crippen molar-refractivity contribution in [3.63, 3.8) is 0 Å². The number of carbonyl (C=O) groups excluding carboxylic acids is 1. The number of amides is 1. The number of aliphatic hydroxyl groups is 2. The summed E-state index contributed by atoms with van der Waals surface area (Å²) in [5.41, 5.74) is -1.19. The molecule has 1 aromatic heterocycles. The summed E-state index contributed by atoms with van der Waals surface area (Å²) in [5, 5.41) is 20.7. The van der Waals surface area contributed by atoms with Gasteiger partial charge in [0.25, 0.3) is 5.56 Å². The van der Waals surface area contributed by atoms with Crippen molar-refractivity contribution < 1.29 is 19.7 Å². The summed E-state index contributed by atoms with van der Waals surface area (Å²) < 4.78 is 6.80. The number of ether oxygens (including phenoxy) is 1. The van der Waals surface area contributed by atoms with Gasteiger partial charge in [0.1, 0.15) is 12.2 Å². The Morgan fingerprint density at radius 1 is 1.37 bits per heavy atom. The van der Waals surface area contributed by atoms with Crippen LogP contribution in [0.3, 0.4) is 0 Å². The number of rotatable bonds is 6. The third kappa shape index (κ3) is 5.19. The van der Waals surface area contributed by atoms with Crippen LogP contribution in [0.2, 0.25) is 0 Å². The molecule has 1 saturated heterocycles. The number of aromatic amines is 1. The van der Waals surface area contributed by atoms with Gasteiger partial charge in [-0.3, -0.25) is 19.1 Å². The largest absolute Gasteiger partial charge is 0.388 e. The van der Waals surface area contributed by atoms with Gasteiger partial charge < -0.3 is 19.8 Å². The lowest BCUT2D eigenvalue weighted by molar-refractivity contribution is -0.128. The average Bonchev–Trinajstić information content (AvgIpc) is 2.82. The molecule has 0 saturated carbocycles. The first-order chi connectivity index (χ1) is 12.4. The van der Waals surface area contributed by atoms with E-state index in [4.69, 9.17) is 4.74 Å². The summed E-state index contributed by atoms with van der Waals surface area (Å²) in [6.07, 6.45) is 2.44. The van der Waals surface area contributed by atoms with Crippen molar-refractivity contribution in [2.45, 2.75) is 44.4 Å². The molecule has 1 aliphatic heterocycles. The average molecular weight is 401 g/mol. The molecule has 2 rings (SSSR count). The summed E-state index contributed by atoms with van der Waals surface area (Å²) in [7, 11) is 1.53. The van der Waals surface area contributed by atoms with E-state index in [1.807, 2.05) is 0 Å². The van der Waals surface area contributed by atoms with E-state index in [0.29, 0.717) is 6.42 Å². The molecule has 0 spiro atoms. The van der Waals surface area contributed by atoms with Gasteiger partial charge in [0, 0.05) is 20.2 Å². The monoisotopic (exact) mass is 401 g/mol. The van der Waals surface area contributed by atoms with Gasteiger partial charge in [-0.1, -0.05) is 0 Å². The lowest BCUT2D eigenvalue weighted by Crippen LogP contribution is -2.39. The van der Waals surface area contributed by atoms with E-state index in [1.165, 1.54) is 25.1 Å². The highest BCUT2D eigenvalue weighted by Crippen LogP contribution is 2.39. The van der Waals surface area contributed by atoms with E-state index < -0.39 is 42.7 Å². The van der Waals surface area contributed by atoms with Crippen molar-refractivity contribution >= 4 is 19.1 Å². The van der Waals surface area contributed by atoms with Gasteiger partial charge in [-0.2, -0.15) is 0 Å². The molecule has 4 atom stereocenters. The van der Waals surface area contributed by atoms with Crippen LogP contribution >= 0.6 is 6.89 Å². The fourth-order valence-electron chi connectivity index (χ4n) is 2.87. The lowest BCUT2D eigenvalue weighted by Gasteiger charge is -2.20. The van der Waals surface area contributed by atoms with Crippen LogP contribution in [0.15, 0.2) is 15.8 Å². The number of aromatic nitrogens is 2. The second kappa shape index (κ2) is 8.14. The number of hydrogen-bond donors (Lipinski definition) is 3. The normalized spacial score (nSPS) is 25.6. The first-order valence-corrected chi connectivity index (χ1v) is 11.7. The zero-order chi connectivity index (χ0) is 20.5. The second-order valence-corrected chi connectivity index (χ2v) is 12.0. The maximum Gasteiger partial charge on any atom is 0.330 e. The van der Waals surface area contributed by atoms with Crippen LogP contribution in [-0.4, -0.2) is 81.7 Å². The molecule has 3 N–H and O–H groups in total. The van der Waals surface area contributed by atoms with E-state index >= 15 is 0 Å². The molecule has 152 valence electrons. The van der Waals surface area contributed by atoms with Gasteiger partial charge in [-0.15, -0.1) is 13.2 Å². The summed E-state index contributed by atoms with van der Waals surface area (Å²) in [6.45, 7) is 4.16. The van der Waals surface area contributed by atoms with E-state index in [1.54, 1.807) is 0 Å². The molecule has 0 unspecified atom stereocenters. The van der Waals surface area contributed by atoms with E-state index in [2.05, 4.69) is 24.6 Å². The zero-order valence-electron chi connectivity index (χ0n) is 16.1. The summed E-state index contributed by atoms with van der Waals surface area (Å²) in [4.78, 5) is 39.1. The highest BCUT2D eigenvalue weighted by molar-refractivity contribution is 7.72. The number of hydrogen-bond acceptors (Lipinski definition) is 6. The van der Waals surface area contributed by atoms with Crippen molar-refractivity contribution in [1.82, 2.24) is 14.5 Å². The van der Waals surface area contributed by atoms with Crippen molar-refractivity contribution in [1.29, 1.82) is 0 Å². The smallest absolute Gasteiger partial charge is 0.330 e. The highest BCUT2D eigenvalue weighted by atomic mass is 31.2. The molecular formula is C17H28N3O6P. The standard InChI is InChI=1S/C17H28N3O6P/c1-10(21)19(2)8-11-9-20(17(25)18-15(11)24)16-14(23)13(22)12(26-16)6-7-27(3,4)5/h9,12-14,16,22-23H,3,6-8H2,1-2,4-5H3,(H,18,24,25)/t12-,13-,14-,16-/m1/s1. The number of nitrogens with one attached hydrogen (secondary N) is 1. The first-order valence-electron chi connectivity index (χ1n) is 8.65. The topological polar surface area (TPSA) is 125 Å². The molecule has 10 heteroatoms. The second-order valence-electron chi connectivity index (χ2n) is 7.69. The summed E-state index contributed by atoms with van der Waals surface area (Å²) >= 11 is 0. The van der Waals surface area contributed by atoms with Gasteiger partial charge in [0.05, 0.1) is 18.2 Å². The molecule has 1 aromatic rings. The summed E-state index contributed by atoms with van der Waals surface area (Å²) in [5.74, 6) is -0.237. The van der Waals surface area contributed by atoms with Gasteiger partial charge >= 0.3 is 5.69 Å². The minimum Gasteiger partial charge on any atom is -0.388 e. The Hall–Kier alpha value is -1.67. The Morgan fingerprint density at radius 2 is 2.00 bits per heavy atom. The molecule has 2 heterocycles. The Labute approximate surface area is 157 Å². The number of H-pyrrole nitrogens is 1. The Bertz CT molecular complexity index is 857. The minimum atomic E-state index is -1.33. The Kier molecular flexibility index (Phi) is 6.52. The van der Waals surface area contributed by atoms with Crippen molar-refractivity contribution in [2.24, 2.45) is 0 Å². The Balaban J connectivity index is 2.29. The fourth-order valence-corrected chi connectivity index (χ4v) is 3.82. The molecular weight excluding hydrogens is 373 g/mol. The molecule has 1 aliphatic rings. The molecule has 1 amide bonds. The number of nitrogens with zero attached hydrogens (tertiary/aromatic N) is 2. The fraction of sp³-hybridized carbons (Fsp3) is 0.647. The highest BCUT2D eigenvalue weighted by Gasteiger charge is 2.44. The van der Waals surface area contributed by atoms with Crippen molar-refractivity contribution in [2.75, 3.05) is 26.5 Å². The zero-order valence-corrected chi connectivity index (χ0v) is 17.0. The molecule has 0 radical (unpaired) electrons. The molecule has 9 nitrogen and oxygen atoms in total. The van der Waals surface area contributed by atoms with Crippen LogP contribution in [0.25, 0.3) is 0 Å². The molecule has 0 aliphatic carbocycles. The number of aliphatic hydroxyl groups excluding tert-OH is 2. The van der Waals surface area contributed by atoms with Crippen LogP contribution in [0.5, 0.6) is 0 Å². The maximum absolute atomic E-state index is 12.2. The number of carbonyl (C=O) groups is 1. The third-order valence-corrected chi connectivity index (χ3v) is 6.09. The van der Waals surface area contributed by atoms with E-state index in [-0.39, 0.29) is 18.0 Å². The third-order valence-electron chi connectivity index (χ3n) is 4.62. The molecule has 0 aromatic carbocycles. The van der Waals surface area contributed by atoms with Crippen LogP contribution < -0.4 is 11.2 Å². The molecule has 1 fully saturated rings. The van der Waals surface area contributed by atoms with Crippen molar-refractivity contribution in [3.05, 3.63) is 32.6 Å². The Morgan fingerprint density at radius 3 is 2.56 bits per heavy atom. The quantitative estimate of drug-likeness (QED) is 0.538. The summed E-state index contributed by atoms with van der Waals surface area (Å²) in [6, 6.07) is 0. The lowest BCUT2D eigenvalue weighted by atomic mass is 10.1. The van der Waals surface area contributed by atoms with Gasteiger partial charge in [0.15, 0.2) is 6.23 Å². The van der Waals surface area contributed by atoms with E-state index in [9.17, 15) is 24.6 Å².